The van der Waals surface area contributed by atoms with Crippen LogP contribution in [-0.4, -0.2) is 38.0 Å². The molecule has 0 saturated heterocycles. The average molecular weight is 425 g/mol. The topological polar surface area (TPSA) is 93.7 Å². The number of ether oxygens (including phenoxy) is 2. The molecule has 0 unspecified atom stereocenters. The number of carbonyl (C=O) groups is 3. The second kappa shape index (κ2) is 9.96. The fraction of sp³-hybridized carbons (Fsp3) is 0.211. The minimum atomic E-state index is -0.477. The van der Waals surface area contributed by atoms with Crippen molar-refractivity contribution in [2.24, 2.45) is 0 Å². The second-order valence-corrected chi connectivity index (χ2v) is 6.39. The van der Waals surface area contributed by atoms with Crippen LogP contribution in [0.25, 0.3) is 0 Å². The van der Waals surface area contributed by atoms with E-state index in [9.17, 15) is 14.4 Å². The summed E-state index contributed by atoms with van der Waals surface area (Å²) < 4.78 is 10.1. The maximum Gasteiger partial charge on any atom is 0.308 e. The molecule has 0 atom stereocenters. The largest absolute Gasteiger partial charge is 0.494 e. The molecule has 0 spiro atoms. The van der Waals surface area contributed by atoms with E-state index in [2.05, 4.69) is 10.6 Å². The summed E-state index contributed by atoms with van der Waals surface area (Å²) >= 11 is 12.1. The van der Waals surface area contributed by atoms with Gasteiger partial charge in [0.1, 0.15) is 11.3 Å². The van der Waals surface area contributed by atoms with Gasteiger partial charge in [-0.15, -0.1) is 0 Å². The van der Waals surface area contributed by atoms with Crippen LogP contribution >= 0.6 is 23.2 Å². The second-order valence-electron chi connectivity index (χ2n) is 5.57. The van der Waals surface area contributed by atoms with Gasteiger partial charge in [-0.25, -0.2) is 0 Å². The Morgan fingerprint density at radius 1 is 0.964 bits per heavy atom. The van der Waals surface area contributed by atoms with Gasteiger partial charge in [0.05, 0.1) is 17.2 Å². The fourth-order valence-electron chi connectivity index (χ4n) is 2.35. The van der Waals surface area contributed by atoms with E-state index in [1.807, 2.05) is 0 Å². The van der Waals surface area contributed by atoms with Crippen molar-refractivity contribution in [3.63, 3.8) is 0 Å². The molecular weight excluding hydrogens is 407 g/mol. The Morgan fingerprint density at radius 2 is 1.61 bits per heavy atom. The first-order valence-electron chi connectivity index (χ1n) is 8.20. The summed E-state index contributed by atoms with van der Waals surface area (Å²) in [6, 6.07) is 9.23. The molecule has 0 aromatic heterocycles. The van der Waals surface area contributed by atoms with Gasteiger partial charge in [0.25, 0.3) is 11.8 Å². The Kier molecular flexibility index (Phi) is 7.66. The number of amides is 2. The van der Waals surface area contributed by atoms with Crippen LogP contribution in [0.5, 0.6) is 11.5 Å². The van der Waals surface area contributed by atoms with Crippen molar-refractivity contribution in [1.82, 2.24) is 10.6 Å². The summed E-state index contributed by atoms with van der Waals surface area (Å²) in [5.41, 5.74) is 0.446. The first-order chi connectivity index (χ1) is 13.3. The van der Waals surface area contributed by atoms with Gasteiger partial charge in [0.15, 0.2) is 5.75 Å². The van der Waals surface area contributed by atoms with Crippen molar-refractivity contribution in [1.29, 1.82) is 0 Å². The molecular formula is C19H18Cl2N2O5. The number of methoxy groups -OCH3 is 1. The zero-order chi connectivity index (χ0) is 20.7. The predicted octanol–water partition coefficient (Wildman–Crippen LogP) is 3.09. The number of esters is 1. The molecule has 2 N–H and O–H groups in total. The summed E-state index contributed by atoms with van der Waals surface area (Å²) in [4.78, 5) is 35.5. The van der Waals surface area contributed by atoms with Gasteiger partial charge in [-0.05, 0) is 30.3 Å². The standard InChI is InChI=1S/C19H18Cl2N2O5/c1-11(24)28-13-5-3-4-12(10-13)18(25)22-8-9-23-19(26)16-14(20)6-7-15(21)17(16)27-2/h3-7,10H,8-9H2,1-2H3,(H,22,25)(H,23,26). The Morgan fingerprint density at radius 3 is 2.25 bits per heavy atom. The number of halogens is 2. The third-order valence-electron chi connectivity index (χ3n) is 3.54. The van der Waals surface area contributed by atoms with Crippen LogP contribution in [0.15, 0.2) is 36.4 Å². The molecule has 0 aliphatic heterocycles. The third-order valence-corrected chi connectivity index (χ3v) is 4.16. The number of benzene rings is 2. The third kappa shape index (κ3) is 5.61. The first-order valence-corrected chi connectivity index (χ1v) is 8.96. The number of hydrogen-bond donors (Lipinski definition) is 2. The van der Waals surface area contributed by atoms with E-state index in [-0.39, 0.29) is 46.1 Å². The van der Waals surface area contributed by atoms with Gasteiger partial charge in [-0.3, -0.25) is 14.4 Å². The molecule has 0 fully saturated rings. The molecule has 0 heterocycles. The van der Waals surface area contributed by atoms with Crippen molar-refractivity contribution in [2.75, 3.05) is 20.2 Å². The van der Waals surface area contributed by atoms with E-state index < -0.39 is 11.9 Å². The summed E-state index contributed by atoms with van der Waals surface area (Å²) in [5.74, 6) is -0.874. The molecule has 2 aromatic rings. The molecule has 2 amide bonds. The lowest BCUT2D eigenvalue weighted by molar-refractivity contribution is -0.131. The van der Waals surface area contributed by atoms with E-state index in [4.69, 9.17) is 32.7 Å². The van der Waals surface area contributed by atoms with E-state index in [1.54, 1.807) is 18.2 Å². The van der Waals surface area contributed by atoms with Crippen molar-refractivity contribution in [2.45, 2.75) is 6.92 Å². The van der Waals surface area contributed by atoms with Gasteiger partial charge in [0, 0.05) is 25.6 Å². The summed E-state index contributed by atoms with van der Waals surface area (Å²) in [7, 11) is 1.39. The van der Waals surface area contributed by atoms with Crippen LogP contribution in [0.3, 0.4) is 0 Å². The molecule has 0 saturated carbocycles. The molecule has 0 aliphatic rings. The van der Waals surface area contributed by atoms with Crippen LogP contribution in [0.2, 0.25) is 10.0 Å². The lowest BCUT2D eigenvalue weighted by atomic mass is 10.2. The summed E-state index contributed by atoms with van der Waals surface area (Å²) in [6.07, 6.45) is 0. The molecule has 0 bridgehead atoms. The molecule has 9 heteroatoms. The van der Waals surface area contributed by atoms with E-state index >= 15 is 0 Å². The number of hydrogen-bond acceptors (Lipinski definition) is 5. The highest BCUT2D eigenvalue weighted by atomic mass is 35.5. The number of rotatable bonds is 7. The van der Waals surface area contributed by atoms with Crippen molar-refractivity contribution in [3.8, 4) is 11.5 Å². The van der Waals surface area contributed by atoms with Crippen LogP contribution < -0.4 is 20.1 Å². The molecule has 7 nitrogen and oxygen atoms in total. The highest BCUT2D eigenvalue weighted by Gasteiger charge is 2.19. The maximum atomic E-state index is 12.4. The van der Waals surface area contributed by atoms with Crippen molar-refractivity contribution >= 4 is 41.0 Å². The molecule has 0 aliphatic carbocycles. The lowest BCUT2D eigenvalue weighted by Crippen LogP contribution is -2.35. The van der Waals surface area contributed by atoms with Gasteiger partial charge in [-0.1, -0.05) is 29.3 Å². The predicted molar refractivity (Wildman–Crippen MR) is 105 cm³/mol. The first kappa shape index (κ1) is 21.5. The quantitative estimate of drug-likeness (QED) is 0.404. The van der Waals surface area contributed by atoms with Crippen LogP contribution in [0.1, 0.15) is 27.6 Å². The SMILES string of the molecule is COc1c(Cl)ccc(Cl)c1C(=O)NCCNC(=O)c1cccc(OC(C)=O)c1. The van der Waals surface area contributed by atoms with Crippen molar-refractivity contribution in [3.05, 3.63) is 57.6 Å². The lowest BCUT2D eigenvalue weighted by Gasteiger charge is -2.12. The van der Waals surface area contributed by atoms with E-state index in [0.717, 1.165) is 0 Å². The maximum absolute atomic E-state index is 12.4. The minimum Gasteiger partial charge on any atom is -0.494 e. The van der Waals surface area contributed by atoms with Crippen LogP contribution in [0, 0.1) is 0 Å². The zero-order valence-corrected chi connectivity index (χ0v) is 16.7. The number of nitrogens with one attached hydrogen (secondary N) is 2. The van der Waals surface area contributed by atoms with Gasteiger partial charge >= 0.3 is 5.97 Å². The van der Waals surface area contributed by atoms with Gasteiger partial charge in [-0.2, -0.15) is 0 Å². The number of carbonyl (C=O) groups excluding carboxylic acids is 3. The van der Waals surface area contributed by atoms with E-state index in [0.29, 0.717) is 5.56 Å². The molecule has 148 valence electrons. The monoisotopic (exact) mass is 424 g/mol. The molecule has 0 radical (unpaired) electrons. The van der Waals surface area contributed by atoms with Gasteiger partial charge in [0.2, 0.25) is 0 Å². The Hall–Kier alpha value is -2.77. The minimum absolute atomic E-state index is 0.122. The smallest absolute Gasteiger partial charge is 0.308 e. The van der Waals surface area contributed by atoms with E-state index in [1.165, 1.54) is 32.2 Å². The Bertz CT molecular complexity index is 902. The van der Waals surface area contributed by atoms with Crippen molar-refractivity contribution < 1.29 is 23.9 Å². The summed E-state index contributed by atoms with van der Waals surface area (Å²) in [6.45, 7) is 1.60. The van der Waals surface area contributed by atoms with Gasteiger partial charge < -0.3 is 20.1 Å². The highest BCUT2D eigenvalue weighted by Crippen LogP contribution is 2.33. The Balaban J connectivity index is 1.91. The highest BCUT2D eigenvalue weighted by molar-refractivity contribution is 6.37. The average Bonchev–Trinajstić information content (AvgIpc) is 2.66. The Labute approximate surface area is 171 Å². The molecule has 28 heavy (non-hydrogen) atoms. The fourth-order valence-corrected chi connectivity index (χ4v) is 2.82. The summed E-state index contributed by atoms with van der Waals surface area (Å²) in [5, 5.41) is 5.76. The van der Waals surface area contributed by atoms with Crippen LogP contribution in [0.4, 0.5) is 0 Å². The van der Waals surface area contributed by atoms with Crippen LogP contribution in [-0.2, 0) is 4.79 Å². The molecule has 2 rings (SSSR count). The normalized spacial score (nSPS) is 10.1. The zero-order valence-electron chi connectivity index (χ0n) is 15.2. The molecule has 2 aromatic carbocycles.